The van der Waals surface area contributed by atoms with Crippen molar-refractivity contribution in [2.45, 2.75) is 37.4 Å². The lowest BCUT2D eigenvalue weighted by Crippen LogP contribution is -2.13. The van der Waals surface area contributed by atoms with Crippen LogP contribution >= 0.6 is 23.2 Å². The van der Waals surface area contributed by atoms with Crippen molar-refractivity contribution < 1.29 is 0 Å². The lowest BCUT2D eigenvalue weighted by molar-refractivity contribution is 0.608. The molecule has 0 saturated heterocycles. The number of rotatable bonds is 7. The summed E-state index contributed by atoms with van der Waals surface area (Å²) in [6, 6.07) is 0. The normalized spacial score (nSPS) is 10.9. The fraction of sp³-hybridized carbons (Fsp3) is 1.00. The molecular formula is C8H17Cl2N. The van der Waals surface area contributed by atoms with E-state index in [1.807, 2.05) is 0 Å². The summed E-state index contributed by atoms with van der Waals surface area (Å²) < 4.78 is 0. The molecule has 0 unspecified atom stereocenters. The van der Waals surface area contributed by atoms with Crippen molar-refractivity contribution >= 4 is 23.2 Å². The average molecular weight is 198 g/mol. The van der Waals surface area contributed by atoms with Crippen molar-refractivity contribution in [3.8, 4) is 0 Å². The molecule has 1 N–H and O–H groups in total. The van der Waals surface area contributed by atoms with E-state index in [2.05, 4.69) is 12.2 Å². The van der Waals surface area contributed by atoms with Crippen molar-refractivity contribution in [3.63, 3.8) is 0 Å². The van der Waals surface area contributed by atoms with Crippen molar-refractivity contribution in [1.82, 2.24) is 5.32 Å². The van der Waals surface area contributed by atoms with Gasteiger partial charge in [0.05, 0.1) is 0 Å². The van der Waals surface area contributed by atoms with E-state index in [1.54, 1.807) is 0 Å². The Bertz CT molecular complexity index is 76.5. The molecule has 0 bridgehead atoms. The summed E-state index contributed by atoms with van der Waals surface area (Å²) in [5, 5.41) is 3.27. The SMILES string of the molecule is CCNCCCCCC(Cl)Cl. The summed E-state index contributed by atoms with van der Waals surface area (Å²) >= 11 is 11.1. The Kier molecular flexibility index (Phi) is 9.06. The van der Waals surface area contributed by atoms with E-state index in [4.69, 9.17) is 23.2 Å². The minimum atomic E-state index is -0.172. The predicted octanol–water partition coefficient (Wildman–Crippen LogP) is 2.96. The molecule has 0 aromatic carbocycles. The molecule has 3 heteroatoms. The molecule has 0 aliphatic carbocycles. The van der Waals surface area contributed by atoms with Gasteiger partial charge in [0.1, 0.15) is 4.84 Å². The van der Waals surface area contributed by atoms with Crippen LogP contribution in [0.25, 0.3) is 0 Å². The highest BCUT2D eigenvalue weighted by atomic mass is 35.5. The Hall–Kier alpha value is 0.540. The molecule has 0 amide bonds. The van der Waals surface area contributed by atoms with Crippen LogP contribution in [0.3, 0.4) is 0 Å². The van der Waals surface area contributed by atoms with Gasteiger partial charge in [0, 0.05) is 0 Å². The molecule has 68 valence electrons. The van der Waals surface area contributed by atoms with Gasteiger partial charge in [-0.3, -0.25) is 0 Å². The van der Waals surface area contributed by atoms with Crippen LogP contribution in [0, 0.1) is 0 Å². The molecule has 0 saturated carbocycles. The molecule has 0 spiro atoms. The Labute approximate surface area is 79.5 Å². The van der Waals surface area contributed by atoms with Crippen LogP contribution in [0.5, 0.6) is 0 Å². The summed E-state index contributed by atoms with van der Waals surface area (Å²) in [5.41, 5.74) is 0. The predicted molar refractivity (Wildman–Crippen MR) is 52.5 cm³/mol. The molecule has 0 aliphatic heterocycles. The number of unbranched alkanes of at least 4 members (excludes halogenated alkanes) is 2. The third kappa shape index (κ3) is 10.5. The van der Waals surface area contributed by atoms with Crippen LogP contribution in [-0.2, 0) is 0 Å². The maximum Gasteiger partial charge on any atom is 0.107 e. The molecular weight excluding hydrogens is 181 g/mol. The van der Waals surface area contributed by atoms with E-state index in [1.165, 1.54) is 12.8 Å². The molecule has 0 aromatic rings. The fourth-order valence-corrected chi connectivity index (χ4v) is 1.21. The van der Waals surface area contributed by atoms with Crippen LogP contribution in [0.15, 0.2) is 0 Å². The number of alkyl halides is 2. The van der Waals surface area contributed by atoms with E-state index in [0.717, 1.165) is 25.9 Å². The number of hydrogen-bond acceptors (Lipinski definition) is 1. The van der Waals surface area contributed by atoms with Crippen LogP contribution < -0.4 is 5.32 Å². The molecule has 0 aromatic heterocycles. The van der Waals surface area contributed by atoms with Gasteiger partial charge in [-0.25, -0.2) is 0 Å². The maximum atomic E-state index is 5.57. The van der Waals surface area contributed by atoms with Gasteiger partial charge >= 0.3 is 0 Å². The minimum Gasteiger partial charge on any atom is -0.317 e. The number of halogens is 2. The van der Waals surface area contributed by atoms with Gasteiger partial charge in [0.15, 0.2) is 0 Å². The van der Waals surface area contributed by atoms with E-state index in [9.17, 15) is 0 Å². The number of hydrogen-bond donors (Lipinski definition) is 1. The Morgan fingerprint density at radius 2 is 1.91 bits per heavy atom. The molecule has 0 heterocycles. The topological polar surface area (TPSA) is 12.0 Å². The van der Waals surface area contributed by atoms with Crippen molar-refractivity contribution in [3.05, 3.63) is 0 Å². The van der Waals surface area contributed by atoms with Crippen molar-refractivity contribution in [2.75, 3.05) is 13.1 Å². The van der Waals surface area contributed by atoms with Gasteiger partial charge in [0.2, 0.25) is 0 Å². The largest absolute Gasteiger partial charge is 0.317 e. The summed E-state index contributed by atoms with van der Waals surface area (Å²) in [7, 11) is 0. The Morgan fingerprint density at radius 1 is 1.18 bits per heavy atom. The molecule has 0 rings (SSSR count). The first-order valence-corrected chi connectivity index (χ1v) is 5.13. The zero-order chi connectivity index (χ0) is 8.53. The number of nitrogens with one attached hydrogen (secondary N) is 1. The summed E-state index contributed by atoms with van der Waals surface area (Å²) in [4.78, 5) is -0.172. The monoisotopic (exact) mass is 197 g/mol. The van der Waals surface area contributed by atoms with Gasteiger partial charge in [-0.05, 0) is 25.9 Å². The van der Waals surface area contributed by atoms with Crippen LogP contribution in [0.1, 0.15) is 32.6 Å². The van der Waals surface area contributed by atoms with Gasteiger partial charge < -0.3 is 5.32 Å². The summed E-state index contributed by atoms with van der Waals surface area (Å²) in [5.74, 6) is 0. The highest BCUT2D eigenvalue weighted by Gasteiger charge is 1.96. The van der Waals surface area contributed by atoms with Crippen molar-refractivity contribution in [1.29, 1.82) is 0 Å². The van der Waals surface area contributed by atoms with E-state index in [0.29, 0.717) is 0 Å². The average Bonchev–Trinajstić information content (AvgIpc) is 1.96. The van der Waals surface area contributed by atoms with E-state index in [-0.39, 0.29) is 4.84 Å². The zero-order valence-electron chi connectivity index (χ0n) is 7.08. The molecule has 0 radical (unpaired) electrons. The van der Waals surface area contributed by atoms with E-state index < -0.39 is 0 Å². The van der Waals surface area contributed by atoms with Crippen LogP contribution in [-0.4, -0.2) is 17.9 Å². The van der Waals surface area contributed by atoms with Gasteiger partial charge in [-0.1, -0.05) is 19.8 Å². The standard InChI is InChI=1S/C8H17Cl2N/c1-2-11-7-5-3-4-6-8(9)10/h8,11H,2-7H2,1H3. The zero-order valence-corrected chi connectivity index (χ0v) is 8.59. The van der Waals surface area contributed by atoms with Gasteiger partial charge in [-0.2, -0.15) is 0 Å². The van der Waals surface area contributed by atoms with Crippen molar-refractivity contribution in [2.24, 2.45) is 0 Å². The molecule has 0 aliphatic rings. The second-order valence-corrected chi connectivity index (χ2v) is 3.87. The second-order valence-electron chi connectivity index (χ2n) is 2.59. The highest BCUT2D eigenvalue weighted by molar-refractivity contribution is 6.44. The molecule has 11 heavy (non-hydrogen) atoms. The van der Waals surface area contributed by atoms with Gasteiger partial charge in [0.25, 0.3) is 0 Å². The quantitative estimate of drug-likeness (QED) is 0.489. The summed E-state index contributed by atoms with van der Waals surface area (Å²) in [6.07, 6.45) is 4.52. The third-order valence-electron chi connectivity index (χ3n) is 1.53. The third-order valence-corrected chi connectivity index (χ3v) is 1.96. The summed E-state index contributed by atoms with van der Waals surface area (Å²) in [6.45, 7) is 4.30. The lowest BCUT2D eigenvalue weighted by atomic mass is 10.2. The first-order valence-electron chi connectivity index (χ1n) is 4.26. The first kappa shape index (κ1) is 11.5. The first-order chi connectivity index (χ1) is 5.27. The fourth-order valence-electron chi connectivity index (χ4n) is 0.902. The van der Waals surface area contributed by atoms with E-state index >= 15 is 0 Å². The molecule has 1 nitrogen and oxygen atoms in total. The highest BCUT2D eigenvalue weighted by Crippen LogP contribution is 2.11. The Balaban J connectivity index is 2.80. The molecule has 0 fully saturated rings. The van der Waals surface area contributed by atoms with Crippen LogP contribution in [0.2, 0.25) is 0 Å². The smallest absolute Gasteiger partial charge is 0.107 e. The maximum absolute atomic E-state index is 5.57. The lowest BCUT2D eigenvalue weighted by Gasteiger charge is -2.01. The van der Waals surface area contributed by atoms with Gasteiger partial charge in [-0.15, -0.1) is 23.2 Å². The Morgan fingerprint density at radius 3 is 2.45 bits per heavy atom. The van der Waals surface area contributed by atoms with Crippen LogP contribution in [0.4, 0.5) is 0 Å². The second kappa shape index (κ2) is 8.63. The minimum absolute atomic E-state index is 0.172. The molecule has 0 atom stereocenters.